The molecule has 0 unspecified atom stereocenters. The van der Waals surface area contributed by atoms with Gasteiger partial charge in [-0.3, -0.25) is 4.79 Å². The van der Waals surface area contributed by atoms with Gasteiger partial charge in [0, 0.05) is 37.4 Å². The number of amides is 2. The third-order valence-electron chi connectivity index (χ3n) is 6.59. The van der Waals surface area contributed by atoms with Gasteiger partial charge in [0.1, 0.15) is 12.4 Å². The fraction of sp³-hybridized carbons (Fsp3) is 0.387. The molecule has 0 fully saturated rings. The molecule has 5 heterocycles. The van der Waals surface area contributed by atoms with Gasteiger partial charge in [0.05, 0.1) is 11.6 Å². The molecule has 3 N–H and O–H groups in total. The molecule has 0 radical (unpaired) electrons. The summed E-state index contributed by atoms with van der Waals surface area (Å²) in [6.07, 6.45) is -3.16. The Morgan fingerprint density at radius 2 is 1.87 bits per heavy atom. The maximum atomic E-state index is 13.0. The van der Waals surface area contributed by atoms with Crippen molar-refractivity contribution in [1.82, 2.24) is 25.2 Å². The summed E-state index contributed by atoms with van der Waals surface area (Å²) in [5.74, 6) is -0.0643. The molecule has 47 heavy (non-hydrogen) atoms. The first-order valence-corrected chi connectivity index (χ1v) is 15.0. The van der Waals surface area contributed by atoms with Crippen LogP contribution in [0.1, 0.15) is 36.2 Å². The molecule has 252 valence electrons. The predicted octanol–water partition coefficient (Wildman–Crippen LogP) is 5.98. The summed E-state index contributed by atoms with van der Waals surface area (Å²) < 4.78 is 54.4. The predicted molar refractivity (Wildman–Crippen MR) is 169 cm³/mol. The number of anilines is 3. The van der Waals surface area contributed by atoms with Crippen LogP contribution in [0.15, 0.2) is 55.1 Å². The Morgan fingerprint density at radius 1 is 1.13 bits per heavy atom. The van der Waals surface area contributed by atoms with Crippen LogP contribution in [-0.4, -0.2) is 77.5 Å². The van der Waals surface area contributed by atoms with Gasteiger partial charge in [-0.1, -0.05) is 44.2 Å². The lowest BCUT2D eigenvalue weighted by atomic mass is 9.92. The van der Waals surface area contributed by atoms with E-state index in [-0.39, 0.29) is 50.7 Å². The molecule has 6 bridgehead atoms. The minimum absolute atomic E-state index is 0.0552. The highest BCUT2D eigenvalue weighted by atomic mass is 35.5. The number of nitrogens with zero attached hydrogens (tertiary/aromatic N) is 4. The number of alkyl halides is 3. The zero-order valence-electron chi connectivity index (χ0n) is 25.8. The number of rotatable bonds is 4. The molecule has 0 spiro atoms. The van der Waals surface area contributed by atoms with Crippen LogP contribution in [0.3, 0.4) is 0 Å². The van der Waals surface area contributed by atoms with Crippen LogP contribution in [-0.2, 0) is 11.3 Å². The van der Waals surface area contributed by atoms with E-state index in [1.165, 1.54) is 6.08 Å². The quantitative estimate of drug-likeness (QED) is 0.282. The molecule has 0 aliphatic carbocycles. The zero-order chi connectivity index (χ0) is 34.0. The van der Waals surface area contributed by atoms with Crippen molar-refractivity contribution in [2.45, 2.75) is 33.0 Å². The van der Waals surface area contributed by atoms with Crippen molar-refractivity contribution in [3.63, 3.8) is 0 Å². The van der Waals surface area contributed by atoms with Gasteiger partial charge in [-0.2, -0.15) is 28.1 Å². The Kier molecular flexibility index (Phi) is 11.7. The molecule has 12 nitrogen and oxygen atoms in total. The van der Waals surface area contributed by atoms with E-state index in [1.807, 2.05) is 13.8 Å². The number of hydrogen-bond donors (Lipinski definition) is 3. The number of benzene rings is 2. The second-order valence-electron chi connectivity index (χ2n) is 11.3. The summed E-state index contributed by atoms with van der Waals surface area (Å²) in [6.45, 7) is 7.15. The standard InChI is InChI=1S/C31H35ClF3N7O5/c1-4-13-46-29(44)42-12-5-14-45-24-11-6-20(15-23(24)32)16-36-26-39-27(41-28(40-26)47-19-31(33,34)35)38-22-9-7-21(8-10-22)25(43)37-17-30(2,3)18-42/h4,6-11,15H,1,5,12-14,16-19H2,2-3H3,(H,37,43)(H2,36,38,39,40,41). The molecule has 4 aliphatic rings. The molecular weight excluding hydrogens is 643 g/mol. The first-order valence-electron chi connectivity index (χ1n) is 14.6. The Bertz CT molecular complexity index is 1560. The largest absolute Gasteiger partial charge is 0.492 e. The summed E-state index contributed by atoms with van der Waals surface area (Å²) in [7, 11) is 0. The van der Waals surface area contributed by atoms with Gasteiger partial charge in [0.25, 0.3) is 5.91 Å². The maximum absolute atomic E-state index is 13.0. The van der Waals surface area contributed by atoms with Gasteiger partial charge < -0.3 is 35.1 Å². The van der Waals surface area contributed by atoms with Crippen LogP contribution in [0.5, 0.6) is 11.8 Å². The van der Waals surface area contributed by atoms with Crippen molar-refractivity contribution >= 4 is 41.2 Å². The second kappa shape index (κ2) is 15.7. The summed E-state index contributed by atoms with van der Waals surface area (Å²) in [4.78, 5) is 39.5. The number of carbonyl (C=O) groups is 2. The third-order valence-corrected chi connectivity index (χ3v) is 6.88. The lowest BCUT2D eigenvalue weighted by Crippen LogP contribution is -2.45. The lowest BCUT2D eigenvalue weighted by molar-refractivity contribution is -0.154. The number of hydrogen-bond acceptors (Lipinski definition) is 10. The first kappa shape index (κ1) is 35.1. The Hall–Kier alpha value is -4.79. The van der Waals surface area contributed by atoms with E-state index in [0.29, 0.717) is 40.6 Å². The number of carbonyl (C=O) groups excluding carboxylic acids is 2. The molecule has 7 rings (SSSR count). The third kappa shape index (κ3) is 11.2. The van der Waals surface area contributed by atoms with Crippen molar-refractivity contribution in [3.8, 4) is 11.8 Å². The fourth-order valence-corrected chi connectivity index (χ4v) is 4.63. The Balaban J connectivity index is 1.60. The van der Waals surface area contributed by atoms with Crippen molar-refractivity contribution in [1.29, 1.82) is 0 Å². The van der Waals surface area contributed by atoms with Gasteiger partial charge >= 0.3 is 18.3 Å². The summed E-state index contributed by atoms with van der Waals surface area (Å²) in [5, 5.41) is 9.07. The van der Waals surface area contributed by atoms with Crippen LogP contribution >= 0.6 is 11.6 Å². The molecular formula is C31H35ClF3N7O5. The van der Waals surface area contributed by atoms with E-state index in [4.69, 9.17) is 25.8 Å². The van der Waals surface area contributed by atoms with Gasteiger partial charge in [-0.05, 0) is 53.8 Å². The zero-order valence-corrected chi connectivity index (χ0v) is 26.6. The SMILES string of the molecule is C=CCOC(=O)N1CCCOc2ccc(cc2Cl)CNc2nc(nc(OCC(F)(F)F)n2)Nc2ccc(cc2)C(=O)NCC(C)(C)C1. The van der Waals surface area contributed by atoms with E-state index >= 15 is 0 Å². The van der Waals surface area contributed by atoms with Crippen LogP contribution < -0.4 is 25.4 Å². The number of aromatic nitrogens is 3. The van der Waals surface area contributed by atoms with Gasteiger partial charge in [0.2, 0.25) is 11.9 Å². The monoisotopic (exact) mass is 677 g/mol. The highest BCUT2D eigenvalue weighted by molar-refractivity contribution is 6.32. The summed E-state index contributed by atoms with van der Waals surface area (Å²) >= 11 is 6.46. The van der Waals surface area contributed by atoms with Crippen LogP contribution in [0.25, 0.3) is 0 Å². The number of ether oxygens (including phenoxy) is 3. The van der Waals surface area contributed by atoms with Crippen LogP contribution in [0.2, 0.25) is 5.02 Å². The molecule has 0 saturated heterocycles. The van der Waals surface area contributed by atoms with Crippen LogP contribution in [0, 0.1) is 5.41 Å². The van der Waals surface area contributed by atoms with Gasteiger partial charge in [-0.25, -0.2) is 4.79 Å². The minimum atomic E-state index is -4.60. The average molecular weight is 678 g/mol. The second-order valence-corrected chi connectivity index (χ2v) is 11.7. The Labute approximate surface area is 274 Å². The Morgan fingerprint density at radius 3 is 2.57 bits per heavy atom. The molecule has 1 aromatic heterocycles. The van der Waals surface area contributed by atoms with E-state index < -0.39 is 30.3 Å². The summed E-state index contributed by atoms with van der Waals surface area (Å²) in [5.41, 5.74) is 0.980. The van der Waals surface area contributed by atoms with Crippen LogP contribution in [0.4, 0.5) is 35.5 Å². The lowest BCUT2D eigenvalue weighted by Gasteiger charge is -2.32. The number of nitrogens with one attached hydrogen (secondary N) is 3. The van der Waals surface area contributed by atoms with Crippen molar-refractivity contribution < 1.29 is 37.0 Å². The normalized spacial score (nSPS) is 15.7. The maximum Gasteiger partial charge on any atom is 0.422 e. The first-order chi connectivity index (χ1) is 22.3. The van der Waals surface area contributed by atoms with E-state index in [2.05, 4.69) is 37.5 Å². The van der Waals surface area contributed by atoms with E-state index in [1.54, 1.807) is 47.4 Å². The average Bonchev–Trinajstić information content (AvgIpc) is 3.02. The fourth-order valence-electron chi connectivity index (χ4n) is 4.38. The topological polar surface area (TPSA) is 140 Å². The highest BCUT2D eigenvalue weighted by Gasteiger charge is 2.29. The van der Waals surface area contributed by atoms with E-state index in [0.717, 1.165) is 0 Å². The highest BCUT2D eigenvalue weighted by Crippen LogP contribution is 2.27. The molecule has 0 saturated carbocycles. The molecule has 16 heteroatoms. The van der Waals surface area contributed by atoms with Crippen molar-refractivity contribution in [3.05, 3.63) is 71.3 Å². The van der Waals surface area contributed by atoms with Gasteiger partial charge in [0.15, 0.2) is 6.61 Å². The molecule has 2 aromatic carbocycles. The summed E-state index contributed by atoms with van der Waals surface area (Å²) in [6, 6.07) is 10.9. The van der Waals surface area contributed by atoms with Crippen molar-refractivity contribution in [2.75, 3.05) is 50.1 Å². The van der Waals surface area contributed by atoms with Crippen molar-refractivity contribution in [2.24, 2.45) is 5.41 Å². The molecule has 4 aliphatic heterocycles. The smallest absolute Gasteiger partial charge is 0.422 e. The molecule has 0 atom stereocenters. The minimum Gasteiger partial charge on any atom is -0.492 e. The molecule has 2 amide bonds. The van der Waals surface area contributed by atoms with E-state index in [9.17, 15) is 22.8 Å². The van der Waals surface area contributed by atoms with Gasteiger partial charge in [-0.15, -0.1) is 0 Å². The molecule has 3 aromatic rings. The number of halogens is 4.